The predicted molar refractivity (Wildman–Crippen MR) is 88.8 cm³/mol. The van der Waals surface area contributed by atoms with Crippen molar-refractivity contribution >= 4 is 11.6 Å². The van der Waals surface area contributed by atoms with Gasteiger partial charge in [0.25, 0.3) is 0 Å². The molecule has 3 aliphatic rings. The Bertz CT molecular complexity index is 526. The first-order chi connectivity index (χ1) is 11.2. The van der Waals surface area contributed by atoms with Gasteiger partial charge in [-0.1, -0.05) is 0 Å². The van der Waals surface area contributed by atoms with Gasteiger partial charge in [0.1, 0.15) is 0 Å². The summed E-state index contributed by atoms with van der Waals surface area (Å²) in [5.74, 6) is 2.61. The number of morpholine rings is 1. The van der Waals surface area contributed by atoms with Gasteiger partial charge in [0.05, 0.1) is 18.3 Å². The van der Waals surface area contributed by atoms with E-state index in [-0.39, 0.29) is 12.2 Å². The summed E-state index contributed by atoms with van der Waals surface area (Å²) < 4.78 is 6.07. The zero-order valence-electron chi connectivity index (χ0n) is 13.8. The van der Waals surface area contributed by atoms with Crippen molar-refractivity contribution in [2.45, 2.75) is 50.9 Å². The molecule has 1 saturated carbocycles. The standard InChI is InChI=1S/C17H26N4O2/c1-12-10-21(11-15(23-12)13-2-3-13)17-5-4-16(18-19-17)20-8-6-14(22)7-9-20/h4-5,12-15,22H,2-3,6-11H2,1H3/t12-,15+/m1/s1. The highest BCUT2D eigenvalue weighted by atomic mass is 16.5. The van der Waals surface area contributed by atoms with E-state index < -0.39 is 0 Å². The van der Waals surface area contributed by atoms with Gasteiger partial charge < -0.3 is 19.6 Å². The number of hydrogen-bond donors (Lipinski definition) is 1. The molecule has 4 rings (SSSR count). The number of aliphatic hydroxyl groups excluding tert-OH is 1. The van der Waals surface area contributed by atoms with Crippen LogP contribution in [0.25, 0.3) is 0 Å². The first-order valence-corrected chi connectivity index (χ1v) is 8.86. The molecule has 6 heteroatoms. The van der Waals surface area contributed by atoms with Crippen molar-refractivity contribution in [2.24, 2.45) is 5.92 Å². The van der Waals surface area contributed by atoms with Gasteiger partial charge in [-0.2, -0.15) is 0 Å². The first kappa shape index (κ1) is 15.1. The highest BCUT2D eigenvalue weighted by Gasteiger charge is 2.37. The number of anilines is 2. The molecule has 1 aliphatic carbocycles. The van der Waals surface area contributed by atoms with Crippen LogP contribution in [0.3, 0.4) is 0 Å². The van der Waals surface area contributed by atoms with Gasteiger partial charge in [0.15, 0.2) is 11.6 Å². The molecule has 2 saturated heterocycles. The minimum Gasteiger partial charge on any atom is -0.393 e. The number of aromatic nitrogens is 2. The molecule has 0 spiro atoms. The molecule has 1 aromatic heterocycles. The van der Waals surface area contributed by atoms with Crippen molar-refractivity contribution in [1.29, 1.82) is 0 Å². The van der Waals surface area contributed by atoms with Crippen LogP contribution in [-0.4, -0.2) is 59.8 Å². The van der Waals surface area contributed by atoms with Crippen molar-refractivity contribution in [1.82, 2.24) is 10.2 Å². The van der Waals surface area contributed by atoms with E-state index in [4.69, 9.17) is 4.74 Å². The molecular weight excluding hydrogens is 292 g/mol. The van der Waals surface area contributed by atoms with E-state index >= 15 is 0 Å². The van der Waals surface area contributed by atoms with Crippen LogP contribution in [-0.2, 0) is 4.74 Å². The zero-order chi connectivity index (χ0) is 15.8. The molecular formula is C17H26N4O2. The lowest BCUT2D eigenvalue weighted by Gasteiger charge is -2.37. The highest BCUT2D eigenvalue weighted by molar-refractivity contribution is 5.46. The van der Waals surface area contributed by atoms with E-state index in [0.717, 1.165) is 56.6 Å². The highest BCUT2D eigenvalue weighted by Crippen LogP contribution is 2.37. The number of nitrogens with zero attached hydrogens (tertiary/aromatic N) is 4. The van der Waals surface area contributed by atoms with Crippen molar-refractivity contribution in [3.63, 3.8) is 0 Å². The molecule has 6 nitrogen and oxygen atoms in total. The SMILES string of the molecule is C[C@@H]1CN(c2ccc(N3CCC(O)CC3)nn2)C[C@@H](C2CC2)O1. The largest absolute Gasteiger partial charge is 0.393 e. The van der Waals surface area contributed by atoms with Crippen molar-refractivity contribution in [3.05, 3.63) is 12.1 Å². The topological polar surface area (TPSA) is 61.7 Å². The molecule has 0 amide bonds. The van der Waals surface area contributed by atoms with Crippen LogP contribution in [0.5, 0.6) is 0 Å². The normalized spacial score (nSPS) is 29.8. The lowest BCUT2D eigenvalue weighted by atomic mass is 10.1. The number of rotatable bonds is 3. The van der Waals surface area contributed by atoms with Crippen LogP contribution in [0.1, 0.15) is 32.6 Å². The maximum absolute atomic E-state index is 9.61. The van der Waals surface area contributed by atoms with Crippen molar-refractivity contribution in [2.75, 3.05) is 36.0 Å². The molecule has 0 aromatic carbocycles. The second-order valence-electron chi connectivity index (χ2n) is 7.20. The van der Waals surface area contributed by atoms with E-state index in [1.807, 2.05) is 0 Å². The molecule has 1 N–H and O–H groups in total. The van der Waals surface area contributed by atoms with Crippen LogP contribution >= 0.6 is 0 Å². The Balaban J connectivity index is 1.42. The van der Waals surface area contributed by atoms with Gasteiger partial charge >= 0.3 is 0 Å². The van der Waals surface area contributed by atoms with Gasteiger partial charge in [-0.3, -0.25) is 0 Å². The van der Waals surface area contributed by atoms with E-state index in [1.165, 1.54) is 12.8 Å². The average Bonchev–Trinajstić information content (AvgIpc) is 3.40. The molecule has 3 heterocycles. The number of aliphatic hydroxyl groups is 1. The molecule has 23 heavy (non-hydrogen) atoms. The van der Waals surface area contributed by atoms with Crippen LogP contribution in [0.2, 0.25) is 0 Å². The van der Waals surface area contributed by atoms with Gasteiger partial charge in [0, 0.05) is 26.2 Å². The summed E-state index contributed by atoms with van der Waals surface area (Å²) in [5.41, 5.74) is 0. The van der Waals surface area contributed by atoms with Crippen LogP contribution in [0, 0.1) is 5.92 Å². The number of ether oxygens (including phenoxy) is 1. The summed E-state index contributed by atoms with van der Waals surface area (Å²) in [6.45, 7) is 5.66. The molecule has 3 fully saturated rings. The number of piperidine rings is 1. The fraction of sp³-hybridized carbons (Fsp3) is 0.765. The Kier molecular flexibility index (Phi) is 4.11. The van der Waals surface area contributed by atoms with E-state index in [1.54, 1.807) is 0 Å². The maximum atomic E-state index is 9.61. The Hall–Kier alpha value is -1.40. The summed E-state index contributed by atoms with van der Waals surface area (Å²) in [4.78, 5) is 4.52. The van der Waals surface area contributed by atoms with Gasteiger partial charge in [0.2, 0.25) is 0 Å². The van der Waals surface area contributed by atoms with Gasteiger partial charge in [-0.05, 0) is 50.7 Å². The first-order valence-electron chi connectivity index (χ1n) is 8.86. The quantitative estimate of drug-likeness (QED) is 0.910. The summed E-state index contributed by atoms with van der Waals surface area (Å²) in [6.07, 6.45) is 4.67. The number of hydrogen-bond acceptors (Lipinski definition) is 6. The summed E-state index contributed by atoms with van der Waals surface area (Å²) >= 11 is 0. The zero-order valence-corrected chi connectivity index (χ0v) is 13.8. The lowest BCUT2D eigenvalue weighted by Crippen LogP contribution is -2.48. The van der Waals surface area contributed by atoms with Gasteiger partial charge in [-0.15, -0.1) is 10.2 Å². The summed E-state index contributed by atoms with van der Waals surface area (Å²) in [7, 11) is 0. The summed E-state index contributed by atoms with van der Waals surface area (Å²) in [5, 5.41) is 18.5. The Morgan fingerprint density at radius 3 is 2.26 bits per heavy atom. The minimum atomic E-state index is -0.160. The Morgan fingerprint density at radius 2 is 1.65 bits per heavy atom. The van der Waals surface area contributed by atoms with Crippen LogP contribution in [0.4, 0.5) is 11.6 Å². The van der Waals surface area contributed by atoms with Crippen molar-refractivity contribution in [3.8, 4) is 0 Å². The van der Waals surface area contributed by atoms with E-state index in [2.05, 4.69) is 39.1 Å². The smallest absolute Gasteiger partial charge is 0.151 e. The van der Waals surface area contributed by atoms with Gasteiger partial charge in [-0.25, -0.2) is 0 Å². The third kappa shape index (κ3) is 3.43. The fourth-order valence-electron chi connectivity index (χ4n) is 3.65. The fourth-order valence-corrected chi connectivity index (χ4v) is 3.65. The molecule has 0 unspecified atom stereocenters. The minimum absolute atomic E-state index is 0.160. The Labute approximate surface area is 137 Å². The third-order valence-electron chi connectivity index (χ3n) is 5.18. The second-order valence-corrected chi connectivity index (χ2v) is 7.20. The van der Waals surface area contributed by atoms with Crippen molar-refractivity contribution < 1.29 is 9.84 Å². The van der Waals surface area contributed by atoms with Crippen LogP contribution in [0.15, 0.2) is 12.1 Å². The predicted octanol–water partition coefficient (Wildman–Crippen LogP) is 1.44. The molecule has 1 aromatic rings. The second kappa shape index (κ2) is 6.24. The lowest BCUT2D eigenvalue weighted by molar-refractivity contribution is -0.0274. The Morgan fingerprint density at radius 1 is 1.00 bits per heavy atom. The average molecular weight is 318 g/mol. The maximum Gasteiger partial charge on any atom is 0.151 e. The van der Waals surface area contributed by atoms with E-state index in [9.17, 15) is 5.11 Å². The molecule has 126 valence electrons. The molecule has 2 atom stereocenters. The monoisotopic (exact) mass is 318 g/mol. The third-order valence-corrected chi connectivity index (χ3v) is 5.18. The van der Waals surface area contributed by atoms with Crippen LogP contribution < -0.4 is 9.80 Å². The summed E-state index contributed by atoms with van der Waals surface area (Å²) in [6, 6.07) is 4.14. The molecule has 0 bridgehead atoms. The molecule has 2 aliphatic heterocycles. The van der Waals surface area contributed by atoms with E-state index in [0.29, 0.717) is 6.10 Å². The molecule has 0 radical (unpaired) electrons.